The third kappa shape index (κ3) is 2.73. The van der Waals surface area contributed by atoms with E-state index in [1.54, 1.807) is 0 Å². The molecule has 0 aromatic rings. The third-order valence-electron chi connectivity index (χ3n) is 2.50. The van der Waals surface area contributed by atoms with E-state index in [-0.39, 0.29) is 11.6 Å². The van der Waals surface area contributed by atoms with E-state index in [1.807, 2.05) is 6.92 Å². The summed E-state index contributed by atoms with van der Waals surface area (Å²) in [6.07, 6.45) is 2.64. The van der Waals surface area contributed by atoms with Gasteiger partial charge in [0, 0.05) is 12.1 Å². The number of likely N-dealkylation sites (N-methyl/N-ethyl adjacent to an activating group) is 1. The molecule has 3 N–H and O–H groups in total. The van der Waals surface area contributed by atoms with Gasteiger partial charge in [0.1, 0.15) is 0 Å². The lowest BCUT2D eigenvalue weighted by molar-refractivity contribution is 0.102. The van der Waals surface area contributed by atoms with Gasteiger partial charge in [0.15, 0.2) is 0 Å². The first-order chi connectivity index (χ1) is 5.52. The van der Waals surface area contributed by atoms with Crippen LogP contribution in [0.1, 0.15) is 26.2 Å². The number of aliphatic hydroxyl groups excluding tert-OH is 1. The summed E-state index contributed by atoms with van der Waals surface area (Å²) < 4.78 is 0. The summed E-state index contributed by atoms with van der Waals surface area (Å²) >= 11 is 0. The predicted molar refractivity (Wildman–Crippen MR) is 49.9 cm³/mol. The zero-order valence-electron chi connectivity index (χ0n) is 8.08. The van der Waals surface area contributed by atoms with Crippen molar-refractivity contribution in [2.75, 3.05) is 20.1 Å². The van der Waals surface area contributed by atoms with Gasteiger partial charge in [-0.3, -0.25) is 0 Å². The normalized spacial score (nSPS) is 35.0. The molecule has 3 heteroatoms. The van der Waals surface area contributed by atoms with E-state index in [2.05, 4.69) is 11.9 Å². The van der Waals surface area contributed by atoms with Crippen LogP contribution in [0.2, 0.25) is 0 Å². The number of nitrogens with two attached hydrogens (primary N) is 1. The summed E-state index contributed by atoms with van der Waals surface area (Å²) in [4.78, 5) is 2.24. The molecule has 2 unspecified atom stereocenters. The number of aliphatic hydroxyl groups is 1. The van der Waals surface area contributed by atoms with Gasteiger partial charge in [-0.15, -0.1) is 0 Å². The molecule has 12 heavy (non-hydrogen) atoms. The Kier molecular flexibility index (Phi) is 3.09. The van der Waals surface area contributed by atoms with Crippen LogP contribution in [0.15, 0.2) is 0 Å². The van der Waals surface area contributed by atoms with Crippen LogP contribution in [-0.2, 0) is 0 Å². The monoisotopic (exact) mass is 172 g/mol. The molecule has 1 fully saturated rings. The molecule has 1 aliphatic heterocycles. The van der Waals surface area contributed by atoms with Crippen LogP contribution in [-0.4, -0.2) is 41.8 Å². The van der Waals surface area contributed by atoms with Gasteiger partial charge in [0.05, 0.1) is 6.10 Å². The summed E-state index contributed by atoms with van der Waals surface area (Å²) in [7, 11) is 2.09. The number of piperidine rings is 1. The van der Waals surface area contributed by atoms with Gasteiger partial charge in [-0.25, -0.2) is 0 Å². The van der Waals surface area contributed by atoms with Crippen molar-refractivity contribution in [3.63, 3.8) is 0 Å². The minimum atomic E-state index is -0.276. The van der Waals surface area contributed by atoms with Crippen molar-refractivity contribution < 1.29 is 5.11 Å². The second kappa shape index (κ2) is 3.73. The Balaban J connectivity index is 2.45. The molecule has 0 amide bonds. The molecular formula is C9H20N2O. The van der Waals surface area contributed by atoms with E-state index in [1.165, 1.54) is 0 Å². The van der Waals surface area contributed by atoms with Crippen LogP contribution in [0.5, 0.6) is 0 Å². The van der Waals surface area contributed by atoms with E-state index in [0.717, 1.165) is 32.4 Å². The van der Waals surface area contributed by atoms with Crippen molar-refractivity contribution in [1.82, 2.24) is 4.90 Å². The number of nitrogens with zero attached hydrogens (tertiary/aromatic N) is 1. The zero-order chi connectivity index (χ0) is 9.19. The first-order valence-corrected chi connectivity index (χ1v) is 4.67. The average Bonchev–Trinajstić information content (AvgIpc) is 1.82. The van der Waals surface area contributed by atoms with Crippen molar-refractivity contribution in [1.29, 1.82) is 0 Å². The maximum absolute atomic E-state index is 9.26. The molecule has 1 heterocycles. The van der Waals surface area contributed by atoms with Gasteiger partial charge >= 0.3 is 0 Å². The van der Waals surface area contributed by atoms with Gasteiger partial charge in [0.2, 0.25) is 0 Å². The predicted octanol–water partition coefficient (Wildman–Crippen LogP) is 0.180. The van der Waals surface area contributed by atoms with Crippen LogP contribution in [0.25, 0.3) is 0 Å². The molecule has 1 rings (SSSR count). The smallest absolute Gasteiger partial charge is 0.0530 e. The minimum absolute atomic E-state index is 0.152. The standard InChI is InChI=1S/C9H20N2O/c1-8(12)6-9(10)4-3-5-11(2)7-9/h8,12H,3-7,10H2,1-2H3. The molecule has 72 valence electrons. The van der Waals surface area contributed by atoms with Crippen LogP contribution in [0.4, 0.5) is 0 Å². The fourth-order valence-electron chi connectivity index (χ4n) is 2.15. The molecule has 1 aliphatic rings. The molecule has 2 atom stereocenters. The lowest BCUT2D eigenvalue weighted by Crippen LogP contribution is -2.54. The zero-order valence-corrected chi connectivity index (χ0v) is 8.08. The van der Waals surface area contributed by atoms with Crippen molar-refractivity contribution in [3.8, 4) is 0 Å². The van der Waals surface area contributed by atoms with E-state index in [4.69, 9.17) is 5.73 Å². The molecule has 0 aromatic heterocycles. The van der Waals surface area contributed by atoms with Gasteiger partial charge < -0.3 is 15.7 Å². The van der Waals surface area contributed by atoms with Crippen molar-refractivity contribution in [2.45, 2.75) is 37.8 Å². The Morgan fingerprint density at radius 1 is 1.67 bits per heavy atom. The topological polar surface area (TPSA) is 49.5 Å². The molecule has 3 nitrogen and oxygen atoms in total. The minimum Gasteiger partial charge on any atom is -0.393 e. The molecule has 0 saturated carbocycles. The molecule has 0 radical (unpaired) electrons. The SMILES string of the molecule is CC(O)CC1(N)CCCN(C)C1. The van der Waals surface area contributed by atoms with Crippen LogP contribution in [0.3, 0.4) is 0 Å². The lowest BCUT2D eigenvalue weighted by atomic mass is 9.85. The van der Waals surface area contributed by atoms with Gasteiger partial charge in [0.25, 0.3) is 0 Å². The van der Waals surface area contributed by atoms with Crippen molar-refractivity contribution in [2.24, 2.45) is 5.73 Å². The third-order valence-corrected chi connectivity index (χ3v) is 2.50. The maximum Gasteiger partial charge on any atom is 0.0530 e. The number of likely N-dealkylation sites (tertiary alicyclic amines) is 1. The van der Waals surface area contributed by atoms with Crippen LogP contribution < -0.4 is 5.73 Å². The second-order valence-electron chi connectivity index (χ2n) is 4.26. The molecule has 0 spiro atoms. The molecule has 1 saturated heterocycles. The summed E-state index contributed by atoms with van der Waals surface area (Å²) in [6.45, 7) is 3.86. The highest BCUT2D eigenvalue weighted by Crippen LogP contribution is 2.22. The molecule has 0 aromatic carbocycles. The summed E-state index contributed by atoms with van der Waals surface area (Å²) in [5.74, 6) is 0. The Labute approximate surface area is 74.5 Å². The van der Waals surface area contributed by atoms with E-state index in [0.29, 0.717) is 0 Å². The average molecular weight is 172 g/mol. The summed E-state index contributed by atoms with van der Waals surface area (Å²) in [5.41, 5.74) is 6.00. The summed E-state index contributed by atoms with van der Waals surface area (Å²) in [5, 5.41) is 9.26. The van der Waals surface area contributed by atoms with E-state index in [9.17, 15) is 5.11 Å². The van der Waals surface area contributed by atoms with Gasteiger partial charge in [-0.1, -0.05) is 0 Å². The lowest BCUT2D eigenvalue weighted by Gasteiger charge is -2.39. The van der Waals surface area contributed by atoms with Crippen molar-refractivity contribution >= 4 is 0 Å². The fraction of sp³-hybridized carbons (Fsp3) is 1.00. The second-order valence-corrected chi connectivity index (χ2v) is 4.26. The largest absolute Gasteiger partial charge is 0.393 e. The molecule has 0 bridgehead atoms. The Morgan fingerprint density at radius 3 is 2.83 bits per heavy atom. The Bertz CT molecular complexity index is 145. The quantitative estimate of drug-likeness (QED) is 0.625. The van der Waals surface area contributed by atoms with Crippen molar-refractivity contribution in [3.05, 3.63) is 0 Å². The molecular weight excluding hydrogens is 152 g/mol. The fourth-order valence-corrected chi connectivity index (χ4v) is 2.15. The van der Waals surface area contributed by atoms with Crippen LogP contribution in [0, 0.1) is 0 Å². The summed E-state index contributed by atoms with van der Waals surface area (Å²) in [6, 6.07) is 0. The highest BCUT2D eigenvalue weighted by molar-refractivity contribution is 4.91. The maximum atomic E-state index is 9.26. The first kappa shape index (κ1) is 9.96. The number of rotatable bonds is 2. The van der Waals surface area contributed by atoms with E-state index >= 15 is 0 Å². The highest BCUT2D eigenvalue weighted by Gasteiger charge is 2.30. The van der Waals surface area contributed by atoms with E-state index < -0.39 is 0 Å². The number of hydrogen-bond acceptors (Lipinski definition) is 3. The Hall–Kier alpha value is -0.120. The van der Waals surface area contributed by atoms with Gasteiger partial charge in [-0.05, 0) is 39.8 Å². The number of hydrogen-bond donors (Lipinski definition) is 2. The first-order valence-electron chi connectivity index (χ1n) is 4.67. The highest BCUT2D eigenvalue weighted by atomic mass is 16.3. The Morgan fingerprint density at radius 2 is 2.33 bits per heavy atom. The van der Waals surface area contributed by atoms with Gasteiger partial charge in [-0.2, -0.15) is 0 Å². The molecule has 0 aliphatic carbocycles. The van der Waals surface area contributed by atoms with Crippen LogP contribution >= 0.6 is 0 Å².